The van der Waals surface area contributed by atoms with Crippen LogP contribution in [0.4, 0.5) is 0 Å². The topological polar surface area (TPSA) is 80.4 Å². The lowest BCUT2D eigenvalue weighted by molar-refractivity contribution is 0.0153. The third-order valence-electron chi connectivity index (χ3n) is 3.57. The highest BCUT2D eigenvalue weighted by Crippen LogP contribution is 2.22. The van der Waals surface area contributed by atoms with E-state index in [0.29, 0.717) is 24.7 Å². The maximum Gasteiger partial charge on any atom is 0.243 e. The van der Waals surface area contributed by atoms with Gasteiger partial charge in [-0.2, -0.15) is 4.98 Å². The van der Waals surface area contributed by atoms with Crippen LogP contribution in [0.5, 0.6) is 0 Å². The van der Waals surface area contributed by atoms with Crippen LogP contribution in [0.1, 0.15) is 43.4 Å². The van der Waals surface area contributed by atoms with Gasteiger partial charge >= 0.3 is 0 Å². The van der Waals surface area contributed by atoms with Crippen LogP contribution in [0.2, 0.25) is 0 Å². The van der Waals surface area contributed by atoms with E-state index in [1.54, 1.807) is 0 Å². The van der Waals surface area contributed by atoms with Crippen molar-refractivity contribution >= 4 is 0 Å². The van der Waals surface area contributed by atoms with Crippen LogP contribution in [-0.4, -0.2) is 40.6 Å². The zero-order valence-electron chi connectivity index (χ0n) is 10.3. The molecular formula is C12H19N3O3. The summed E-state index contributed by atoms with van der Waals surface area (Å²) in [5, 5.41) is 16.6. The maximum absolute atomic E-state index is 9.46. The molecule has 0 aromatic carbocycles. The number of rotatable bonds is 3. The minimum absolute atomic E-state index is 0.00600. The summed E-state index contributed by atoms with van der Waals surface area (Å²) in [7, 11) is 0. The number of nitrogens with one attached hydrogen (secondary N) is 1. The smallest absolute Gasteiger partial charge is 0.243 e. The van der Waals surface area contributed by atoms with Gasteiger partial charge in [-0.05, 0) is 25.7 Å². The van der Waals surface area contributed by atoms with Crippen molar-refractivity contribution in [3.63, 3.8) is 0 Å². The summed E-state index contributed by atoms with van der Waals surface area (Å²) in [6.07, 6.45) is 4.71. The molecule has 3 heterocycles. The molecule has 1 unspecified atom stereocenters. The Bertz CT molecular complexity index is 390. The largest absolute Gasteiger partial charge is 0.392 e. The lowest BCUT2D eigenvalue weighted by atomic mass is 10.1. The number of aromatic nitrogens is 2. The molecule has 0 aliphatic carbocycles. The lowest BCUT2D eigenvalue weighted by Gasteiger charge is -2.20. The minimum Gasteiger partial charge on any atom is -0.392 e. The standard InChI is InChI=1S/C12H19N3O3/c16-8-5-10(13-7-8)12-14-11(15-18-12)6-9-3-1-2-4-17-9/h8-10,13,16H,1-7H2/t8-,9?,10-/m0/s1. The van der Waals surface area contributed by atoms with Crippen molar-refractivity contribution < 1.29 is 14.4 Å². The van der Waals surface area contributed by atoms with E-state index in [1.165, 1.54) is 6.42 Å². The Balaban J connectivity index is 1.59. The van der Waals surface area contributed by atoms with Crippen molar-refractivity contribution in [3.8, 4) is 0 Å². The highest BCUT2D eigenvalue weighted by molar-refractivity contribution is 4.98. The molecule has 18 heavy (non-hydrogen) atoms. The van der Waals surface area contributed by atoms with Gasteiger partial charge in [-0.25, -0.2) is 0 Å². The highest BCUT2D eigenvalue weighted by atomic mass is 16.5. The van der Waals surface area contributed by atoms with Crippen molar-refractivity contribution in [1.29, 1.82) is 0 Å². The second-order valence-electron chi connectivity index (χ2n) is 5.09. The van der Waals surface area contributed by atoms with Crippen molar-refractivity contribution in [3.05, 3.63) is 11.7 Å². The van der Waals surface area contributed by atoms with Gasteiger partial charge in [-0.3, -0.25) is 0 Å². The first-order chi connectivity index (χ1) is 8.81. The maximum atomic E-state index is 9.46. The van der Waals surface area contributed by atoms with E-state index in [4.69, 9.17) is 9.26 Å². The van der Waals surface area contributed by atoms with Gasteiger partial charge in [0.1, 0.15) is 0 Å². The molecule has 6 nitrogen and oxygen atoms in total. The molecule has 1 aromatic rings. The molecule has 6 heteroatoms. The molecule has 100 valence electrons. The first-order valence-corrected chi connectivity index (χ1v) is 6.67. The van der Waals surface area contributed by atoms with Gasteiger partial charge in [0, 0.05) is 19.6 Å². The molecule has 0 spiro atoms. The molecule has 0 saturated carbocycles. The predicted molar refractivity (Wildman–Crippen MR) is 63.0 cm³/mol. The number of aliphatic hydroxyl groups excluding tert-OH is 1. The molecule has 2 aliphatic rings. The lowest BCUT2D eigenvalue weighted by Crippen LogP contribution is -2.22. The predicted octanol–water partition coefficient (Wildman–Crippen LogP) is 0.576. The van der Waals surface area contributed by atoms with E-state index in [1.807, 2.05) is 0 Å². The average Bonchev–Trinajstić information content (AvgIpc) is 2.99. The van der Waals surface area contributed by atoms with E-state index in [9.17, 15) is 5.11 Å². The summed E-state index contributed by atoms with van der Waals surface area (Å²) >= 11 is 0. The Morgan fingerprint density at radius 3 is 3.06 bits per heavy atom. The Kier molecular flexibility index (Phi) is 3.58. The molecule has 0 amide bonds. The van der Waals surface area contributed by atoms with Crippen LogP contribution >= 0.6 is 0 Å². The summed E-state index contributed by atoms with van der Waals surface area (Å²) in [5.41, 5.74) is 0. The van der Waals surface area contributed by atoms with Gasteiger partial charge in [-0.15, -0.1) is 0 Å². The zero-order valence-corrected chi connectivity index (χ0v) is 10.3. The van der Waals surface area contributed by atoms with Crippen molar-refractivity contribution in [1.82, 2.24) is 15.5 Å². The van der Waals surface area contributed by atoms with E-state index >= 15 is 0 Å². The number of hydrogen-bond acceptors (Lipinski definition) is 6. The molecule has 3 rings (SSSR count). The number of aliphatic hydroxyl groups is 1. The minimum atomic E-state index is -0.313. The Morgan fingerprint density at radius 2 is 2.33 bits per heavy atom. The molecule has 0 radical (unpaired) electrons. The van der Waals surface area contributed by atoms with E-state index in [0.717, 1.165) is 25.9 Å². The number of nitrogens with zero attached hydrogens (tertiary/aromatic N) is 2. The summed E-state index contributed by atoms with van der Waals surface area (Å²) in [6.45, 7) is 1.43. The molecule has 2 saturated heterocycles. The highest BCUT2D eigenvalue weighted by Gasteiger charge is 2.28. The van der Waals surface area contributed by atoms with Crippen LogP contribution in [-0.2, 0) is 11.2 Å². The Labute approximate surface area is 106 Å². The normalized spacial score (nSPS) is 32.8. The van der Waals surface area contributed by atoms with E-state index in [-0.39, 0.29) is 18.2 Å². The van der Waals surface area contributed by atoms with E-state index in [2.05, 4.69) is 15.5 Å². The zero-order chi connectivity index (χ0) is 12.4. The summed E-state index contributed by atoms with van der Waals surface area (Å²) < 4.78 is 10.9. The molecule has 3 atom stereocenters. The summed E-state index contributed by atoms with van der Waals surface area (Å²) in [4.78, 5) is 4.39. The summed E-state index contributed by atoms with van der Waals surface area (Å²) in [6, 6.07) is -0.00600. The van der Waals surface area contributed by atoms with Gasteiger partial charge < -0.3 is 19.7 Å². The molecular weight excluding hydrogens is 234 g/mol. The number of β-amino-alcohol motifs (C(OH)–C–C–N with tert-alkyl or cyclic N) is 1. The van der Waals surface area contributed by atoms with Crippen LogP contribution in [0.15, 0.2) is 4.52 Å². The quantitative estimate of drug-likeness (QED) is 0.820. The van der Waals surface area contributed by atoms with Crippen molar-refractivity contribution in [2.24, 2.45) is 0 Å². The van der Waals surface area contributed by atoms with Crippen LogP contribution in [0.25, 0.3) is 0 Å². The van der Waals surface area contributed by atoms with Gasteiger partial charge in [0.15, 0.2) is 5.82 Å². The van der Waals surface area contributed by atoms with Crippen LogP contribution in [0.3, 0.4) is 0 Å². The molecule has 2 aliphatic heterocycles. The van der Waals surface area contributed by atoms with Crippen LogP contribution < -0.4 is 5.32 Å². The van der Waals surface area contributed by atoms with Gasteiger partial charge in [-0.1, -0.05) is 5.16 Å². The fourth-order valence-corrected chi connectivity index (χ4v) is 2.57. The van der Waals surface area contributed by atoms with Crippen LogP contribution in [0, 0.1) is 0 Å². The molecule has 0 bridgehead atoms. The fraction of sp³-hybridized carbons (Fsp3) is 0.833. The van der Waals surface area contributed by atoms with Crippen molar-refractivity contribution in [2.45, 2.75) is 50.4 Å². The second-order valence-corrected chi connectivity index (χ2v) is 5.09. The number of hydrogen-bond donors (Lipinski definition) is 2. The van der Waals surface area contributed by atoms with E-state index < -0.39 is 0 Å². The Morgan fingerprint density at radius 1 is 1.39 bits per heavy atom. The molecule has 2 fully saturated rings. The monoisotopic (exact) mass is 253 g/mol. The first-order valence-electron chi connectivity index (χ1n) is 6.67. The second kappa shape index (κ2) is 5.34. The van der Waals surface area contributed by atoms with Gasteiger partial charge in [0.2, 0.25) is 5.89 Å². The molecule has 2 N–H and O–H groups in total. The molecule has 1 aromatic heterocycles. The van der Waals surface area contributed by atoms with Gasteiger partial charge in [0.25, 0.3) is 0 Å². The third-order valence-corrected chi connectivity index (χ3v) is 3.57. The third kappa shape index (κ3) is 2.71. The first kappa shape index (κ1) is 12.1. The average molecular weight is 253 g/mol. The number of ether oxygens (including phenoxy) is 1. The van der Waals surface area contributed by atoms with Gasteiger partial charge in [0.05, 0.1) is 18.2 Å². The Hall–Kier alpha value is -0.980. The fourth-order valence-electron chi connectivity index (χ4n) is 2.57. The SMILES string of the molecule is O[C@@H]1CN[C@H](c2nc(CC3CCCCO3)no2)C1. The van der Waals surface area contributed by atoms with Crippen molar-refractivity contribution in [2.75, 3.05) is 13.2 Å². The summed E-state index contributed by atoms with van der Waals surface area (Å²) in [5.74, 6) is 1.29.